The number of rotatable bonds is 8. The third-order valence-corrected chi connectivity index (χ3v) is 6.92. The number of ether oxygens (including phenoxy) is 3. The number of hydrogen-bond donors (Lipinski definition) is 1. The second kappa shape index (κ2) is 11.1. The first kappa shape index (κ1) is 24.5. The molecule has 0 spiro atoms. The van der Waals surface area contributed by atoms with Crippen LogP contribution in [0.5, 0.6) is 11.5 Å². The van der Waals surface area contributed by atoms with E-state index in [2.05, 4.69) is 32.8 Å². The fraction of sp³-hybridized carbons (Fsp3) is 0.200. The van der Waals surface area contributed by atoms with Gasteiger partial charge in [-0.25, -0.2) is 4.79 Å². The number of carbonyl (C=O) groups is 3. The van der Waals surface area contributed by atoms with Crippen molar-refractivity contribution in [1.29, 1.82) is 0 Å². The molecule has 1 aliphatic rings. The minimum Gasteiger partial charge on any atom is -0.490 e. The lowest BCUT2D eigenvalue weighted by Gasteiger charge is -2.15. The first-order valence-electron chi connectivity index (χ1n) is 9.12. The van der Waals surface area contributed by atoms with Gasteiger partial charge in [-0.2, -0.15) is 5.01 Å². The van der Waals surface area contributed by atoms with Crippen molar-refractivity contribution in [3.8, 4) is 11.5 Å². The van der Waals surface area contributed by atoms with Gasteiger partial charge in [0.15, 0.2) is 22.4 Å². The number of thiophene rings is 1. The monoisotopic (exact) mass is 604 g/mol. The Morgan fingerprint density at radius 1 is 1.31 bits per heavy atom. The van der Waals surface area contributed by atoms with Gasteiger partial charge in [0.25, 0.3) is 11.8 Å². The van der Waals surface area contributed by atoms with Gasteiger partial charge in [0.2, 0.25) is 0 Å². The molecular formula is C20H17IN2O6S3. The molecule has 2 heterocycles. The molecule has 0 saturated carbocycles. The zero-order chi connectivity index (χ0) is 23.3. The van der Waals surface area contributed by atoms with E-state index in [1.165, 1.54) is 18.4 Å². The number of methoxy groups -OCH3 is 1. The zero-order valence-electron chi connectivity index (χ0n) is 16.9. The van der Waals surface area contributed by atoms with Crippen molar-refractivity contribution >= 4 is 86.1 Å². The Morgan fingerprint density at radius 2 is 2.09 bits per heavy atom. The molecule has 1 aliphatic heterocycles. The maximum absolute atomic E-state index is 12.8. The van der Waals surface area contributed by atoms with Crippen LogP contribution in [0.3, 0.4) is 0 Å². The minimum absolute atomic E-state index is 0.226. The molecule has 12 heteroatoms. The molecule has 3 rings (SSSR count). The van der Waals surface area contributed by atoms with E-state index in [0.717, 1.165) is 16.8 Å². The van der Waals surface area contributed by atoms with Crippen LogP contribution < -0.4 is 14.9 Å². The number of nitrogens with zero attached hydrogens (tertiary/aromatic N) is 1. The van der Waals surface area contributed by atoms with E-state index >= 15 is 0 Å². The second-order valence-electron chi connectivity index (χ2n) is 6.06. The first-order chi connectivity index (χ1) is 15.3. The third kappa shape index (κ3) is 5.79. The number of esters is 1. The Labute approximate surface area is 211 Å². The van der Waals surface area contributed by atoms with Crippen LogP contribution >= 0.6 is 57.9 Å². The van der Waals surface area contributed by atoms with Crippen LogP contribution in [0.4, 0.5) is 0 Å². The van der Waals surface area contributed by atoms with Gasteiger partial charge in [-0.15, -0.1) is 11.3 Å². The third-order valence-electron chi connectivity index (χ3n) is 3.94. The van der Waals surface area contributed by atoms with Crippen LogP contribution in [0.15, 0.2) is 34.6 Å². The van der Waals surface area contributed by atoms with Crippen molar-refractivity contribution in [2.75, 3.05) is 20.3 Å². The van der Waals surface area contributed by atoms with E-state index in [9.17, 15) is 14.4 Å². The van der Waals surface area contributed by atoms with Gasteiger partial charge in [0.1, 0.15) is 0 Å². The van der Waals surface area contributed by atoms with Gasteiger partial charge in [0, 0.05) is 0 Å². The summed E-state index contributed by atoms with van der Waals surface area (Å²) in [7, 11) is 1.28. The molecular weight excluding hydrogens is 587 g/mol. The molecule has 0 bridgehead atoms. The van der Waals surface area contributed by atoms with Crippen LogP contribution in [-0.4, -0.2) is 47.4 Å². The molecule has 8 nitrogen and oxygen atoms in total. The van der Waals surface area contributed by atoms with E-state index in [0.29, 0.717) is 37.0 Å². The van der Waals surface area contributed by atoms with Gasteiger partial charge in [-0.3, -0.25) is 15.0 Å². The topological polar surface area (TPSA) is 94.2 Å². The highest BCUT2D eigenvalue weighted by Crippen LogP contribution is 2.37. The predicted octanol–water partition coefficient (Wildman–Crippen LogP) is 3.85. The summed E-state index contributed by atoms with van der Waals surface area (Å²) in [5, 5.41) is 2.84. The lowest BCUT2D eigenvalue weighted by Crippen LogP contribution is -2.44. The molecule has 0 radical (unpaired) electrons. The van der Waals surface area contributed by atoms with E-state index in [1.807, 2.05) is 6.92 Å². The normalized spacial score (nSPS) is 14.6. The maximum atomic E-state index is 12.8. The largest absolute Gasteiger partial charge is 0.490 e. The highest BCUT2D eigenvalue weighted by atomic mass is 127. The lowest BCUT2D eigenvalue weighted by atomic mass is 10.2. The summed E-state index contributed by atoms with van der Waals surface area (Å²) in [6.07, 6.45) is 1.66. The molecule has 2 aromatic rings. The number of benzene rings is 1. The molecule has 0 aliphatic carbocycles. The van der Waals surface area contributed by atoms with E-state index < -0.39 is 17.8 Å². The Hall–Kier alpha value is -2.16. The summed E-state index contributed by atoms with van der Waals surface area (Å²) in [5.74, 6) is -0.510. The number of thiocarbonyl (C=S) groups is 1. The number of carbonyl (C=O) groups excluding carboxylic acids is 3. The average Bonchev–Trinajstić information content (AvgIpc) is 3.38. The number of hydrogen-bond acceptors (Lipinski definition) is 9. The molecule has 1 fully saturated rings. The Bertz CT molecular complexity index is 1090. The van der Waals surface area contributed by atoms with Gasteiger partial charge in [-0.1, -0.05) is 17.8 Å². The van der Waals surface area contributed by atoms with Crippen LogP contribution in [-0.2, 0) is 14.3 Å². The van der Waals surface area contributed by atoms with Crippen LogP contribution in [0.1, 0.15) is 22.2 Å². The minimum atomic E-state index is -0.513. The van der Waals surface area contributed by atoms with E-state index in [-0.39, 0.29) is 10.9 Å². The van der Waals surface area contributed by atoms with Crippen molar-refractivity contribution in [2.45, 2.75) is 6.92 Å². The molecule has 2 amide bonds. The summed E-state index contributed by atoms with van der Waals surface area (Å²) >= 11 is 9.68. The first-order valence-corrected chi connectivity index (χ1v) is 12.3. The molecule has 1 aromatic carbocycles. The average molecular weight is 604 g/mol. The Kier molecular flexibility index (Phi) is 8.51. The second-order valence-corrected chi connectivity index (χ2v) is 9.85. The summed E-state index contributed by atoms with van der Waals surface area (Å²) in [6, 6.07) is 6.90. The number of hydrazine groups is 1. The molecule has 0 unspecified atom stereocenters. The Balaban J connectivity index is 1.82. The van der Waals surface area contributed by atoms with Gasteiger partial charge < -0.3 is 14.2 Å². The Morgan fingerprint density at radius 3 is 2.75 bits per heavy atom. The maximum Gasteiger partial charge on any atom is 0.343 e. The van der Waals surface area contributed by atoms with Crippen LogP contribution in [0.2, 0.25) is 0 Å². The van der Waals surface area contributed by atoms with Crippen molar-refractivity contribution in [3.05, 3.63) is 48.6 Å². The van der Waals surface area contributed by atoms with Crippen molar-refractivity contribution in [3.63, 3.8) is 0 Å². The standard InChI is InChI=1S/C20H17IN2O6S3/c1-3-28-13-8-11(7-12(21)17(13)29-10-16(24)27-2)9-15-19(26)23(20(30)32-15)22-18(25)14-5-4-6-31-14/h4-9H,3,10H2,1-2H3,(H,22,25)/b15-9+. The van der Waals surface area contributed by atoms with Crippen molar-refractivity contribution < 1.29 is 28.6 Å². The molecule has 1 aromatic heterocycles. The van der Waals surface area contributed by atoms with Crippen LogP contribution in [0.25, 0.3) is 6.08 Å². The van der Waals surface area contributed by atoms with E-state index in [1.54, 1.807) is 35.7 Å². The summed E-state index contributed by atoms with van der Waals surface area (Å²) < 4.78 is 16.7. The zero-order valence-corrected chi connectivity index (χ0v) is 21.5. The SMILES string of the molecule is CCOc1cc(/C=C2/SC(=S)N(NC(=O)c3cccs3)C2=O)cc(I)c1OCC(=O)OC. The molecule has 1 N–H and O–H groups in total. The molecule has 0 atom stereocenters. The van der Waals surface area contributed by atoms with Gasteiger partial charge in [0.05, 0.1) is 27.1 Å². The number of amides is 2. The number of thioether (sulfide) groups is 1. The lowest BCUT2D eigenvalue weighted by molar-refractivity contribution is -0.143. The fourth-order valence-corrected chi connectivity index (χ4v) is 5.12. The smallest absolute Gasteiger partial charge is 0.343 e. The van der Waals surface area contributed by atoms with Gasteiger partial charge >= 0.3 is 5.97 Å². The number of nitrogens with one attached hydrogen (secondary N) is 1. The highest BCUT2D eigenvalue weighted by Gasteiger charge is 2.34. The number of halogens is 1. The van der Waals surface area contributed by atoms with E-state index in [4.69, 9.17) is 21.7 Å². The highest BCUT2D eigenvalue weighted by molar-refractivity contribution is 14.1. The van der Waals surface area contributed by atoms with Gasteiger partial charge in [-0.05, 0) is 77.0 Å². The van der Waals surface area contributed by atoms with Crippen molar-refractivity contribution in [1.82, 2.24) is 10.4 Å². The molecule has 32 heavy (non-hydrogen) atoms. The predicted molar refractivity (Wildman–Crippen MR) is 135 cm³/mol. The van der Waals surface area contributed by atoms with Crippen LogP contribution in [0, 0.1) is 3.57 Å². The summed E-state index contributed by atoms with van der Waals surface area (Å²) in [6.45, 7) is 1.95. The quantitative estimate of drug-likeness (QED) is 0.210. The fourth-order valence-electron chi connectivity index (χ4n) is 2.54. The summed E-state index contributed by atoms with van der Waals surface area (Å²) in [4.78, 5) is 37.4. The summed E-state index contributed by atoms with van der Waals surface area (Å²) in [5.41, 5.74) is 3.22. The van der Waals surface area contributed by atoms with Crippen molar-refractivity contribution in [2.24, 2.45) is 0 Å². The molecule has 1 saturated heterocycles. The molecule has 168 valence electrons.